The van der Waals surface area contributed by atoms with Gasteiger partial charge in [0.1, 0.15) is 5.75 Å². The number of hydrogen-bond donors (Lipinski definition) is 2. The van der Waals surface area contributed by atoms with Crippen molar-refractivity contribution in [1.82, 2.24) is 4.98 Å². The Morgan fingerprint density at radius 2 is 1.88 bits per heavy atom. The average Bonchev–Trinajstić information content (AvgIpc) is 2.78. The predicted octanol–water partition coefficient (Wildman–Crippen LogP) is 5.19. The first-order valence-corrected chi connectivity index (χ1v) is 11.0. The second kappa shape index (κ2) is 9.76. The largest absolute Gasteiger partial charge is 0.506 e. The monoisotopic (exact) mass is 460 g/mol. The number of aromatic nitrogens is 1. The zero-order valence-electron chi connectivity index (χ0n) is 18.8. The van der Waals surface area contributed by atoms with Gasteiger partial charge in [-0.25, -0.2) is 4.90 Å². The minimum atomic E-state index is -0.686. The van der Waals surface area contributed by atoms with E-state index in [-0.39, 0.29) is 28.0 Å². The summed E-state index contributed by atoms with van der Waals surface area (Å²) in [7, 11) is 0. The molecule has 3 rings (SSSR count). The van der Waals surface area contributed by atoms with Crippen LogP contribution in [0.25, 0.3) is 0 Å². The molecule has 0 unspecified atom stereocenters. The number of pyridine rings is 1. The molecule has 1 aromatic heterocycles. The Labute approximate surface area is 197 Å². The number of aromatic hydroxyl groups is 1. The molecule has 0 spiro atoms. The van der Waals surface area contributed by atoms with Crippen LogP contribution in [0.3, 0.4) is 0 Å². The number of benzene rings is 2. The smallest absolute Gasteiger partial charge is 0.266 e. The molecule has 0 saturated heterocycles. The predicted molar refractivity (Wildman–Crippen MR) is 129 cm³/mol. The summed E-state index contributed by atoms with van der Waals surface area (Å²) in [6, 6.07) is 14.7. The van der Waals surface area contributed by atoms with Gasteiger partial charge in [0.2, 0.25) is 6.41 Å². The van der Waals surface area contributed by atoms with Gasteiger partial charge in [-0.2, -0.15) is 5.26 Å². The minimum Gasteiger partial charge on any atom is -0.506 e. The Bertz CT molecular complexity index is 1230. The normalized spacial score (nSPS) is 10.9. The van der Waals surface area contributed by atoms with Gasteiger partial charge in [-0.15, -0.1) is 0 Å². The fourth-order valence-corrected chi connectivity index (χ4v) is 3.94. The molecule has 0 radical (unpaired) electrons. The molecule has 0 bridgehead atoms. The lowest BCUT2D eigenvalue weighted by molar-refractivity contribution is -0.106. The van der Waals surface area contributed by atoms with Crippen molar-refractivity contribution in [3.63, 3.8) is 0 Å². The molecule has 0 aliphatic carbocycles. The summed E-state index contributed by atoms with van der Waals surface area (Å²) in [5.41, 5.74) is 2.80. The summed E-state index contributed by atoms with van der Waals surface area (Å²) in [6.07, 6.45) is 2.82. The van der Waals surface area contributed by atoms with E-state index in [1.54, 1.807) is 13.0 Å². The number of nitrogens with zero attached hydrogens (tertiary/aromatic N) is 3. The van der Waals surface area contributed by atoms with Crippen LogP contribution >= 0.6 is 11.9 Å². The van der Waals surface area contributed by atoms with Crippen LogP contribution in [0.15, 0.2) is 59.8 Å². The third kappa shape index (κ3) is 5.33. The van der Waals surface area contributed by atoms with Crippen LogP contribution in [-0.2, 0) is 10.2 Å². The van der Waals surface area contributed by atoms with Crippen LogP contribution < -0.4 is 9.62 Å². The second-order valence-corrected chi connectivity index (χ2v) is 9.31. The molecule has 0 saturated carbocycles. The van der Waals surface area contributed by atoms with E-state index in [4.69, 9.17) is 0 Å². The van der Waals surface area contributed by atoms with Gasteiger partial charge in [0.05, 0.1) is 35.3 Å². The van der Waals surface area contributed by atoms with Gasteiger partial charge in [0, 0.05) is 16.6 Å². The molecule has 0 atom stereocenters. The van der Waals surface area contributed by atoms with E-state index < -0.39 is 5.91 Å². The van der Waals surface area contributed by atoms with Crippen molar-refractivity contribution >= 4 is 35.6 Å². The maximum Gasteiger partial charge on any atom is 0.266 e. The number of amides is 2. The van der Waals surface area contributed by atoms with E-state index in [1.165, 1.54) is 42.0 Å². The summed E-state index contributed by atoms with van der Waals surface area (Å²) >= 11 is 1.38. The van der Waals surface area contributed by atoms with Crippen molar-refractivity contribution in [3.8, 4) is 11.8 Å². The van der Waals surface area contributed by atoms with Crippen molar-refractivity contribution in [2.45, 2.75) is 38.0 Å². The van der Waals surface area contributed by atoms with Crippen LogP contribution in [0.5, 0.6) is 5.75 Å². The summed E-state index contributed by atoms with van der Waals surface area (Å²) in [5.74, 6) is -0.872. The fraction of sp³-hybridized carbons (Fsp3) is 0.200. The van der Waals surface area contributed by atoms with Crippen LogP contribution in [0.1, 0.15) is 47.8 Å². The van der Waals surface area contributed by atoms with E-state index in [0.717, 1.165) is 9.80 Å². The number of nitrogens with one attached hydrogen (secondary N) is 1. The van der Waals surface area contributed by atoms with Gasteiger partial charge in [-0.3, -0.25) is 14.6 Å². The maximum atomic E-state index is 13.2. The quantitative estimate of drug-likeness (QED) is 0.385. The lowest BCUT2D eigenvalue weighted by atomic mass is 9.87. The highest BCUT2D eigenvalue weighted by atomic mass is 32.2. The summed E-state index contributed by atoms with van der Waals surface area (Å²) in [6.45, 7) is 8.17. The molecule has 2 aromatic carbocycles. The minimum absolute atomic E-state index is 0.0606. The Morgan fingerprint density at radius 1 is 1.18 bits per heavy atom. The van der Waals surface area contributed by atoms with Gasteiger partial charge in [0.15, 0.2) is 0 Å². The molecule has 1 heterocycles. The zero-order chi connectivity index (χ0) is 24.2. The first-order valence-electron chi connectivity index (χ1n) is 10.2. The van der Waals surface area contributed by atoms with Crippen LogP contribution in [0.4, 0.5) is 11.4 Å². The third-order valence-electron chi connectivity index (χ3n) is 5.11. The number of imide groups is 1. The Kier molecular flexibility index (Phi) is 7.04. The average molecular weight is 461 g/mol. The molecule has 0 fully saturated rings. The molecule has 3 aromatic rings. The summed E-state index contributed by atoms with van der Waals surface area (Å²) in [5, 5.41) is 19.2. The van der Waals surface area contributed by atoms with Gasteiger partial charge in [-0.05, 0) is 59.7 Å². The fourth-order valence-electron chi connectivity index (χ4n) is 3.22. The topological polar surface area (TPSA) is 106 Å². The summed E-state index contributed by atoms with van der Waals surface area (Å²) in [4.78, 5) is 30.6. The van der Waals surface area contributed by atoms with Gasteiger partial charge < -0.3 is 9.83 Å². The number of carbonyl (C=O) groups is 2. The van der Waals surface area contributed by atoms with Crippen molar-refractivity contribution in [2.24, 2.45) is 0 Å². The number of rotatable bonds is 6. The van der Waals surface area contributed by atoms with Crippen molar-refractivity contribution in [1.29, 1.82) is 5.26 Å². The zero-order valence-corrected chi connectivity index (χ0v) is 19.6. The lowest BCUT2D eigenvalue weighted by Gasteiger charge is -2.20. The van der Waals surface area contributed by atoms with E-state index in [2.05, 4.69) is 42.6 Å². The SMILES string of the molecule is Cc1c(NSc2ccc(C(C)(C)C)cc2)ccc(C#N)c1C(=O)N(C=O)c1cncc(O)c1. The van der Waals surface area contributed by atoms with E-state index >= 15 is 0 Å². The summed E-state index contributed by atoms with van der Waals surface area (Å²) < 4.78 is 3.24. The Balaban J connectivity index is 1.90. The molecule has 7 nitrogen and oxygen atoms in total. The Hall–Kier alpha value is -3.83. The molecule has 8 heteroatoms. The number of hydrogen-bond acceptors (Lipinski definition) is 7. The van der Waals surface area contributed by atoms with Crippen molar-refractivity contribution in [3.05, 3.63) is 77.1 Å². The van der Waals surface area contributed by atoms with Gasteiger partial charge >= 0.3 is 0 Å². The van der Waals surface area contributed by atoms with E-state index in [9.17, 15) is 20.0 Å². The highest BCUT2D eigenvalue weighted by molar-refractivity contribution is 8.00. The van der Waals surface area contributed by atoms with Gasteiger partial charge in [-0.1, -0.05) is 32.9 Å². The van der Waals surface area contributed by atoms with Crippen LogP contribution in [-0.4, -0.2) is 22.4 Å². The van der Waals surface area contributed by atoms with E-state index in [0.29, 0.717) is 17.7 Å². The molecule has 2 N–H and O–H groups in total. The second-order valence-electron chi connectivity index (χ2n) is 8.43. The molecule has 168 valence electrons. The Morgan fingerprint density at radius 3 is 2.45 bits per heavy atom. The number of anilines is 2. The first kappa shape index (κ1) is 23.8. The molecule has 2 amide bonds. The lowest BCUT2D eigenvalue weighted by Crippen LogP contribution is -2.31. The first-order chi connectivity index (χ1) is 15.7. The molecule has 0 aliphatic rings. The molecular formula is C25H24N4O3S. The molecule has 33 heavy (non-hydrogen) atoms. The van der Waals surface area contributed by atoms with Gasteiger partial charge in [0.25, 0.3) is 5.91 Å². The third-order valence-corrected chi connectivity index (χ3v) is 5.94. The standard InChI is InChI=1S/C25H24N4O3S/c1-16-22(28-33-21-8-6-18(7-9-21)25(2,3)4)10-5-17(12-26)23(16)24(32)29(15-30)19-11-20(31)14-27-13-19/h5-11,13-15,28,31H,1-4H3. The highest BCUT2D eigenvalue weighted by Crippen LogP contribution is 2.31. The van der Waals surface area contributed by atoms with Crippen molar-refractivity contribution < 1.29 is 14.7 Å². The van der Waals surface area contributed by atoms with Crippen molar-refractivity contribution in [2.75, 3.05) is 9.62 Å². The van der Waals surface area contributed by atoms with E-state index in [1.807, 2.05) is 18.2 Å². The van der Waals surface area contributed by atoms with Crippen LogP contribution in [0.2, 0.25) is 0 Å². The molecule has 0 aliphatic heterocycles. The number of nitriles is 1. The highest BCUT2D eigenvalue weighted by Gasteiger charge is 2.24. The number of carbonyl (C=O) groups excluding carboxylic acids is 2. The van der Waals surface area contributed by atoms with Crippen LogP contribution in [0, 0.1) is 18.3 Å². The molecular weight excluding hydrogens is 436 g/mol. The maximum absolute atomic E-state index is 13.2.